The van der Waals surface area contributed by atoms with Crippen molar-refractivity contribution in [2.75, 3.05) is 25.1 Å². The zero-order valence-corrected chi connectivity index (χ0v) is 19.1. The first-order valence-electron chi connectivity index (χ1n) is 11.3. The van der Waals surface area contributed by atoms with E-state index in [0.29, 0.717) is 25.3 Å². The Bertz CT molecular complexity index is 907. The standard InChI is InChI=1S/C24H31F2NO3S/c1-21-5-4-14(28)7-17(21)18(25)8-16-15-6-13-10-27-12-23(13,20(30)11-31-3)22(15,2)9-19(29)24(16,21)26/h4-5,7,13,15-16,18-19,27,29H,6,8-12H2,1-3H3/t13-,15-,16-,18-,19-,21-,22-,23+,24-/m0/s1. The van der Waals surface area contributed by atoms with Gasteiger partial charge in [0.1, 0.15) is 6.17 Å². The van der Waals surface area contributed by atoms with Crippen molar-refractivity contribution < 1.29 is 23.5 Å². The average molecular weight is 452 g/mol. The lowest BCUT2D eigenvalue weighted by Gasteiger charge is -2.63. The molecule has 5 aliphatic rings. The molecule has 1 saturated heterocycles. The van der Waals surface area contributed by atoms with Crippen LogP contribution in [0.2, 0.25) is 0 Å². The fraction of sp³-hybridized carbons (Fsp3) is 0.750. The molecule has 0 spiro atoms. The first-order chi connectivity index (χ1) is 14.6. The molecule has 7 heteroatoms. The van der Waals surface area contributed by atoms with Crippen LogP contribution in [0.4, 0.5) is 8.78 Å². The van der Waals surface area contributed by atoms with Crippen LogP contribution in [0.1, 0.15) is 33.1 Å². The van der Waals surface area contributed by atoms with Crippen molar-refractivity contribution in [3.63, 3.8) is 0 Å². The minimum absolute atomic E-state index is 0.0523. The van der Waals surface area contributed by atoms with E-state index in [4.69, 9.17) is 0 Å². The second kappa shape index (κ2) is 6.73. The highest BCUT2D eigenvalue weighted by Gasteiger charge is 2.77. The molecule has 1 heterocycles. The normalized spacial score (nSPS) is 52.8. The first kappa shape index (κ1) is 21.8. The Morgan fingerprint density at radius 1 is 1.32 bits per heavy atom. The topological polar surface area (TPSA) is 66.4 Å². The van der Waals surface area contributed by atoms with Crippen molar-refractivity contribution in [3.05, 3.63) is 23.8 Å². The van der Waals surface area contributed by atoms with Gasteiger partial charge in [-0.1, -0.05) is 13.0 Å². The Balaban J connectivity index is 1.64. The van der Waals surface area contributed by atoms with Crippen LogP contribution in [0, 0.1) is 34.0 Å². The monoisotopic (exact) mass is 451 g/mol. The van der Waals surface area contributed by atoms with Crippen LogP contribution in [0.25, 0.3) is 0 Å². The van der Waals surface area contributed by atoms with Crippen molar-refractivity contribution in [2.24, 2.45) is 34.0 Å². The predicted octanol–water partition coefficient (Wildman–Crippen LogP) is 3.05. The zero-order valence-electron chi connectivity index (χ0n) is 18.3. The summed E-state index contributed by atoms with van der Waals surface area (Å²) in [6.07, 6.45) is 3.92. The molecule has 1 aliphatic heterocycles. The Hall–Kier alpha value is -1.05. The number of nitrogens with one attached hydrogen (secondary N) is 1. The number of thioether (sulfide) groups is 1. The third kappa shape index (κ3) is 2.38. The lowest BCUT2D eigenvalue weighted by atomic mass is 9.43. The van der Waals surface area contributed by atoms with E-state index in [1.165, 1.54) is 30.0 Å². The van der Waals surface area contributed by atoms with Crippen LogP contribution in [-0.2, 0) is 9.59 Å². The van der Waals surface area contributed by atoms with Gasteiger partial charge in [0.05, 0.1) is 17.3 Å². The summed E-state index contributed by atoms with van der Waals surface area (Å²) in [5, 5.41) is 14.8. The molecule has 5 rings (SSSR count). The summed E-state index contributed by atoms with van der Waals surface area (Å²) in [6.45, 7) is 4.90. The number of alkyl halides is 2. The average Bonchev–Trinajstić information content (AvgIpc) is 3.24. The van der Waals surface area contributed by atoms with Gasteiger partial charge in [0.2, 0.25) is 0 Å². The molecule has 170 valence electrons. The largest absolute Gasteiger partial charge is 0.390 e. The van der Waals surface area contributed by atoms with Gasteiger partial charge in [-0.25, -0.2) is 8.78 Å². The Morgan fingerprint density at radius 2 is 2.06 bits per heavy atom. The van der Waals surface area contributed by atoms with E-state index in [2.05, 4.69) is 5.32 Å². The van der Waals surface area contributed by atoms with Crippen molar-refractivity contribution in [1.29, 1.82) is 0 Å². The van der Waals surface area contributed by atoms with Crippen LogP contribution >= 0.6 is 11.8 Å². The fourth-order valence-electron chi connectivity index (χ4n) is 8.43. The van der Waals surface area contributed by atoms with Gasteiger partial charge in [0, 0.05) is 17.9 Å². The van der Waals surface area contributed by atoms with Crippen molar-refractivity contribution in [3.8, 4) is 0 Å². The summed E-state index contributed by atoms with van der Waals surface area (Å²) in [4.78, 5) is 25.4. The van der Waals surface area contributed by atoms with E-state index in [0.717, 1.165) is 0 Å². The van der Waals surface area contributed by atoms with E-state index in [1.54, 1.807) is 6.92 Å². The number of hydrogen-bond acceptors (Lipinski definition) is 5. The number of halogens is 2. The van der Waals surface area contributed by atoms with Gasteiger partial charge < -0.3 is 10.4 Å². The summed E-state index contributed by atoms with van der Waals surface area (Å²) in [7, 11) is 0. The van der Waals surface area contributed by atoms with Gasteiger partial charge in [-0.05, 0) is 74.0 Å². The number of hydrogen-bond donors (Lipinski definition) is 2. The Morgan fingerprint density at radius 3 is 2.77 bits per heavy atom. The van der Waals surface area contributed by atoms with Gasteiger partial charge in [0.25, 0.3) is 0 Å². The quantitative estimate of drug-likeness (QED) is 0.691. The highest BCUT2D eigenvalue weighted by atomic mass is 32.2. The lowest BCUT2D eigenvalue weighted by molar-refractivity contribution is -0.210. The van der Waals surface area contributed by atoms with Crippen LogP contribution in [0.3, 0.4) is 0 Å². The molecule has 0 amide bonds. The molecule has 4 fully saturated rings. The molecule has 3 saturated carbocycles. The predicted molar refractivity (Wildman–Crippen MR) is 116 cm³/mol. The Kier molecular flexibility index (Phi) is 4.73. The van der Waals surface area contributed by atoms with Gasteiger partial charge >= 0.3 is 0 Å². The second-order valence-corrected chi connectivity index (χ2v) is 11.6. The Labute approximate surface area is 186 Å². The molecule has 0 aromatic carbocycles. The van der Waals surface area contributed by atoms with Crippen LogP contribution in [-0.4, -0.2) is 59.7 Å². The van der Waals surface area contributed by atoms with E-state index in [9.17, 15) is 14.7 Å². The number of allylic oxidation sites excluding steroid dienone is 4. The van der Waals surface area contributed by atoms with Gasteiger partial charge in [-0.3, -0.25) is 9.59 Å². The van der Waals surface area contributed by atoms with Gasteiger partial charge in [-0.15, -0.1) is 0 Å². The molecule has 0 aromatic heterocycles. The zero-order chi connectivity index (χ0) is 22.4. The second-order valence-electron chi connectivity index (χ2n) is 10.8. The maximum Gasteiger partial charge on any atom is 0.178 e. The summed E-state index contributed by atoms with van der Waals surface area (Å²) in [5.74, 6) is -0.606. The van der Waals surface area contributed by atoms with E-state index >= 15 is 8.78 Å². The maximum atomic E-state index is 17.2. The minimum Gasteiger partial charge on any atom is -0.390 e. The number of aliphatic hydroxyl groups excluding tert-OH is 1. The maximum absolute atomic E-state index is 17.2. The van der Waals surface area contributed by atoms with Crippen molar-refractivity contribution in [1.82, 2.24) is 5.32 Å². The highest BCUT2D eigenvalue weighted by molar-refractivity contribution is 7.99. The summed E-state index contributed by atoms with van der Waals surface area (Å²) in [5.41, 5.74) is -4.53. The van der Waals surface area contributed by atoms with Crippen LogP contribution in [0.15, 0.2) is 23.8 Å². The minimum atomic E-state index is -2.07. The number of ketones is 2. The van der Waals surface area contributed by atoms with Gasteiger partial charge in [0.15, 0.2) is 17.2 Å². The first-order valence-corrected chi connectivity index (χ1v) is 12.6. The number of Topliss-reactive ketones (excluding diaryl/α,β-unsaturated/α-hetero) is 1. The number of fused-ring (bicyclic) bond motifs is 7. The molecule has 0 unspecified atom stereocenters. The molecular formula is C24H31F2NO3S. The molecule has 0 bridgehead atoms. The van der Waals surface area contributed by atoms with E-state index in [1.807, 2.05) is 13.2 Å². The van der Waals surface area contributed by atoms with Gasteiger partial charge in [-0.2, -0.15) is 11.8 Å². The lowest BCUT2D eigenvalue weighted by Crippen LogP contribution is -2.69. The third-order valence-electron chi connectivity index (χ3n) is 9.84. The SMILES string of the molecule is CSCC(=O)[C@@]12CNC[C@@H]1C[C@H]1[C@@H]3C[C@H](F)C4=CC(=O)C=C[C@]4(C)[C@@]3(F)[C@@H](O)C[C@@]12C. The summed E-state index contributed by atoms with van der Waals surface area (Å²) < 4.78 is 32.6. The summed E-state index contributed by atoms with van der Waals surface area (Å²) >= 11 is 1.49. The number of rotatable bonds is 3. The van der Waals surface area contributed by atoms with Crippen LogP contribution in [0.5, 0.6) is 0 Å². The molecular weight excluding hydrogens is 420 g/mol. The van der Waals surface area contributed by atoms with Crippen LogP contribution < -0.4 is 5.32 Å². The number of carbonyl (C=O) groups is 2. The highest BCUT2D eigenvalue weighted by Crippen LogP contribution is 2.73. The third-order valence-corrected chi connectivity index (χ3v) is 10.4. The van der Waals surface area contributed by atoms with Crippen molar-refractivity contribution in [2.45, 2.75) is 51.1 Å². The summed E-state index contributed by atoms with van der Waals surface area (Å²) in [6, 6.07) is 0. The van der Waals surface area contributed by atoms with E-state index < -0.39 is 40.1 Å². The fourth-order valence-corrected chi connectivity index (χ4v) is 8.95. The number of carbonyl (C=O) groups excluding carboxylic acids is 2. The molecule has 2 N–H and O–H groups in total. The molecule has 0 aromatic rings. The molecule has 9 atom stereocenters. The van der Waals surface area contributed by atoms with E-state index in [-0.39, 0.29) is 41.8 Å². The molecule has 4 nitrogen and oxygen atoms in total. The molecule has 31 heavy (non-hydrogen) atoms. The molecule has 4 aliphatic carbocycles. The van der Waals surface area contributed by atoms with Crippen molar-refractivity contribution >= 4 is 23.3 Å². The molecule has 0 radical (unpaired) electrons. The number of aliphatic hydroxyl groups is 1. The smallest absolute Gasteiger partial charge is 0.178 e.